The predicted molar refractivity (Wildman–Crippen MR) is 54.4 cm³/mol. The lowest BCUT2D eigenvalue weighted by molar-refractivity contribution is -0.196. The third kappa shape index (κ3) is 2.30. The maximum atomic E-state index is 5.62. The van der Waals surface area contributed by atoms with Crippen LogP contribution in [0.2, 0.25) is 0 Å². The van der Waals surface area contributed by atoms with Gasteiger partial charge >= 0.3 is 0 Å². The van der Waals surface area contributed by atoms with Crippen LogP contribution in [-0.2, 0) is 9.47 Å². The number of azo groups is 1. The maximum Gasteiger partial charge on any atom is 0.166 e. The minimum atomic E-state index is -0.155. The molecule has 0 saturated heterocycles. The molecule has 1 aliphatic heterocycles. The van der Waals surface area contributed by atoms with Crippen LogP contribution in [0.25, 0.3) is 0 Å². The fourth-order valence-corrected chi connectivity index (χ4v) is 1.68. The van der Waals surface area contributed by atoms with E-state index in [4.69, 9.17) is 9.47 Å². The van der Waals surface area contributed by atoms with Crippen molar-refractivity contribution in [3.8, 4) is 0 Å². The molecule has 1 heterocycles. The molecule has 0 bridgehead atoms. The summed E-state index contributed by atoms with van der Waals surface area (Å²) in [5, 5.41) is 8.12. The molecule has 0 aliphatic carbocycles. The second-order valence-electron chi connectivity index (χ2n) is 3.56. The molecule has 0 fully saturated rings. The van der Waals surface area contributed by atoms with Crippen LogP contribution < -0.4 is 0 Å². The van der Waals surface area contributed by atoms with Gasteiger partial charge in [0.15, 0.2) is 6.29 Å². The van der Waals surface area contributed by atoms with E-state index in [1.807, 2.05) is 13.8 Å². The van der Waals surface area contributed by atoms with Gasteiger partial charge in [-0.2, -0.15) is 10.2 Å². The first-order valence-corrected chi connectivity index (χ1v) is 5.35. The van der Waals surface area contributed by atoms with Gasteiger partial charge in [0.1, 0.15) is 0 Å². The Morgan fingerprint density at radius 3 is 1.93 bits per heavy atom. The van der Waals surface area contributed by atoms with Crippen LogP contribution in [0, 0.1) is 5.41 Å². The number of ether oxygens (including phenoxy) is 2. The van der Waals surface area contributed by atoms with Crippen molar-refractivity contribution in [2.24, 2.45) is 15.6 Å². The summed E-state index contributed by atoms with van der Waals surface area (Å²) < 4.78 is 11.2. The molecule has 0 aromatic rings. The Hall–Kier alpha value is -0.480. The van der Waals surface area contributed by atoms with Crippen molar-refractivity contribution in [3.63, 3.8) is 0 Å². The molecule has 0 spiro atoms. The van der Waals surface area contributed by atoms with Crippen molar-refractivity contribution in [3.05, 3.63) is 0 Å². The van der Waals surface area contributed by atoms with E-state index < -0.39 is 0 Å². The molecule has 0 aromatic carbocycles. The highest BCUT2D eigenvalue weighted by atomic mass is 16.7. The average Bonchev–Trinajstić information content (AvgIpc) is 2.67. The normalized spacial score (nSPS) is 19.4. The topological polar surface area (TPSA) is 43.2 Å². The first kappa shape index (κ1) is 11.6. The minimum absolute atomic E-state index is 0.0218. The second kappa shape index (κ2) is 5.41. The summed E-state index contributed by atoms with van der Waals surface area (Å²) in [6, 6.07) is 0. The third-order valence-electron chi connectivity index (χ3n) is 2.71. The first-order valence-electron chi connectivity index (χ1n) is 5.35. The van der Waals surface area contributed by atoms with Gasteiger partial charge in [-0.25, -0.2) is 0 Å². The second-order valence-corrected chi connectivity index (χ2v) is 3.56. The molecule has 0 atom stereocenters. The van der Waals surface area contributed by atoms with Gasteiger partial charge in [0, 0.05) is 13.2 Å². The van der Waals surface area contributed by atoms with Gasteiger partial charge in [0.05, 0.1) is 18.5 Å². The predicted octanol–water partition coefficient (Wildman–Crippen LogP) is 2.25. The molecular formula is C10H20N2O2. The number of hydrogen-bond donors (Lipinski definition) is 0. The van der Waals surface area contributed by atoms with Crippen molar-refractivity contribution in [1.29, 1.82) is 0 Å². The van der Waals surface area contributed by atoms with E-state index >= 15 is 0 Å². The first-order chi connectivity index (χ1) is 6.79. The molecule has 4 nitrogen and oxygen atoms in total. The van der Waals surface area contributed by atoms with Crippen LogP contribution in [0.4, 0.5) is 0 Å². The van der Waals surface area contributed by atoms with E-state index in [9.17, 15) is 0 Å². The fraction of sp³-hybridized carbons (Fsp3) is 1.00. The number of nitrogens with zero attached hydrogens (tertiary/aromatic N) is 2. The molecule has 0 N–H and O–H groups in total. The lowest BCUT2D eigenvalue weighted by Crippen LogP contribution is -2.42. The van der Waals surface area contributed by atoms with Crippen LogP contribution in [0.5, 0.6) is 0 Å². The highest BCUT2D eigenvalue weighted by Crippen LogP contribution is 2.34. The molecule has 0 unspecified atom stereocenters. The zero-order valence-corrected chi connectivity index (χ0v) is 9.32. The van der Waals surface area contributed by atoms with E-state index in [0.29, 0.717) is 13.2 Å². The number of rotatable bonds is 6. The molecule has 0 amide bonds. The SMILES string of the molecule is CCOC(OCC)C1(CC)CN=NC1. The largest absolute Gasteiger partial charge is 0.352 e. The molecule has 0 radical (unpaired) electrons. The van der Waals surface area contributed by atoms with E-state index in [-0.39, 0.29) is 11.7 Å². The zero-order chi connectivity index (χ0) is 10.4. The quantitative estimate of drug-likeness (QED) is 0.617. The molecule has 1 aliphatic rings. The number of hydrogen-bond acceptors (Lipinski definition) is 4. The Morgan fingerprint density at radius 2 is 1.57 bits per heavy atom. The Labute approximate surface area is 85.7 Å². The molecule has 0 saturated carbocycles. The summed E-state index contributed by atoms with van der Waals surface area (Å²) in [4.78, 5) is 0. The van der Waals surface area contributed by atoms with Crippen molar-refractivity contribution in [2.75, 3.05) is 26.3 Å². The van der Waals surface area contributed by atoms with Crippen molar-refractivity contribution >= 4 is 0 Å². The monoisotopic (exact) mass is 200 g/mol. The summed E-state index contributed by atoms with van der Waals surface area (Å²) in [6.07, 6.45) is 0.836. The Morgan fingerprint density at radius 1 is 1.07 bits per heavy atom. The summed E-state index contributed by atoms with van der Waals surface area (Å²) in [5.41, 5.74) is -0.0218. The highest BCUT2D eigenvalue weighted by molar-refractivity contribution is 4.89. The van der Waals surface area contributed by atoms with Gasteiger partial charge in [0.25, 0.3) is 0 Å². The Bertz CT molecular complexity index is 181. The van der Waals surface area contributed by atoms with Gasteiger partial charge < -0.3 is 9.47 Å². The summed E-state index contributed by atoms with van der Waals surface area (Å²) >= 11 is 0. The Balaban J connectivity index is 2.62. The van der Waals surface area contributed by atoms with E-state index in [0.717, 1.165) is 19.5 Å². The lowest BCUT2D eigenvalue weighted by Gasteiger charge is -2.33. The van der Waals surface area contributed by atoms with Gasteiger partial charge in [-0.15, -0.1) is 0 Å². The van der Waals surface area contributed by atoms with Crippen LogP contribution >= 0.6 is 0 Å². The van der Waals surface area contributed by atoms with E-state index in [1.54, 1.807) is 0 Å². The summed E-state index contributed by atoms with van der Waals surface area (Å²) in [5.74, 6) is 0. The molecule has 0 aromatic heterocycles. The molecule has 82 valence electrons. The lowest BCUT2D eigenvalue weighted by atomic mass is 9.85. The van der Waals surface area contributed by atoms with Gasteiger partial charge in [0.2, 0.25) is 0 Å². The fourth-order valence-electron chi connectivity index (χ4n) is 1.68. The zero-order valence-electron chi connectivity index (χ0n) is 9.32. The van der Waals surface area contributed by atoms with Crippen molar-refractivity contribution in [2.45, 2.75) is 33.5 Å². The van der Waals surface area contributed by atoms with Gasteiger partial charge in [-0.1, -0.05) is 6.92 Å². The molecular weight excluding hydrogens is 180 g/mol. The van der Waals surface area contributed by atoms with Gasteiger partial charge in [-0.3, -0.25) is 0 Å². The van der Waals surface area contributed by atoms with Crippen LogP contribution in [0.1, 0.15) is 27.2 Å². The van der Waals surface area contributed by atoms with Crippen molar-refractivity contribution in [1.82, 2.24) is 0 Å². The summed E-state index contributed by atoms with van der Waals surface area (Å²) in [6.45, 7) is 8.92. The highest BCUT2D eigenvalue weighted by Gasteiger charge is 2.41. The minimum Gasteiger partial charge on any atom is -0.352 e. The van der Waals surface area contributed by atoms with Crippen molar-refractivity contribution < 1.29 is 9.47 Å². The smallest absolute Gasteiger partial charge is 0.166 e. The molecule has 14 heavy (non-hydrogen) atoms. The Kier molecular flexibility index (Phi) is 4.48. The van der Waals surface area contributed by atoms with Crippen LogP contribution in [-0.4, -0.2) is 32.6 Å². The third-order valence-corrected chi connectivity index (χ3v) is 2.71. The van der Waals surface area contributed by atoms with E-state index in [2.05, 4.69) is 17.2 Å². The average molecular weight is 200 g/mol. The van der Waals surface area contributed by atoms with E-state index in [1.165, 1.54) is 0 Å². The van der Waals surface area contributed by atoms with Crippen LogP contribution in [0.15, 0.2) is 10.2 Å². The van der Waals surface area contributed by atoms with Crippen LogP contribution in [0.3, 0.4) is 0 Å². The maximum absolute atomic E-state index is 5.62. The molecule has 4 heteroatoms. The van der Waals surface area contributed by atoms with Gasteiger partial charge in [-0.05, 0) is 20.3 Å². The molecule has 1 rings (SSSR count). The summed E-state index contributed by atoms with van der Waals surface area (Å²) in [7, 11) is 0. The standard InChI is InChI=1S/C10H20N2O2/c1-4-10(7-11-12-8-10)9(13-5-2)14-6-3/h9H,4-8H2,1-3H3.